The molecule has 0 radical (unpaired) electrons. The van der Waals surface area contributed by atoms with Gasteiger partial charge in [-0.3, -0.25) is 4.79 Å². The average molecular weight is 352 g/mol. The number of carbonyl (C=O) groups is 1. The zero-order valence-electron chi connectivity index (χ0n) is 13.5. The van der Waals surface area contributed by atoms with Gasteiger partial charge in [0.1, 0.15) is 18.5 Å². The number of hydrogen-bond acceptors (Lipinski definition) is 5. The summed E-state index contributed by atoms with van der Waals surface area (Å²) in [4.78, 5) is 12.2. The van der Waals surface area contributed by atoms with Gasteiger partial charge in [0, 0.05) is 0 Å². The zero-order chi connectivity index (χ0) is 18.2. The number of rotatable bonds is 8. The lowest BCUT2D eigenvalue weighted by molar-refractivity contribution is -0.153. The summed E-state index contributed by atoms with van der Waals surface area (Å²) in [6, 6.07) is 11.5. The molecular weight excluding hydrogens is 334 g/mol. The van der Waals surface area contributed by atoms with Gasteiger partial charge in [-0.1, -0.05) is 30.3 Å². The third-order valence-electron chi connectivity index (χ3n) is 3.40. The molecule has 1 aromatic carbocycles. The van der Waals surface area contributed by atoms with Crippen molar-refractivity contribution in [1.29, 1.82) is 0 Å². The Bertz CT molecular complexity index is 694. The number of aliphatic hydroxyl groups excluding tert-OH is 1. The van der Waals surface area contributed by atoms with E-state index in [1.54, 1.807) is 30.3 Å². The first-order chi connectivity index (χ1) is 12.0. The van der Waals surface area contributed by atoms with Gasteiger partial charge in [0.2, 0.25) is 0 Å². The van der Waals surface area contributed by atoms with Crippen molar-refractivity contribution in [3.63, 3.8) is 0 Å². The van der Waals surface area contributed by atoms with E-state index >= 15 is 0 Å². The molecule has 2 atom stereocenters. The molecule has 7 heteroatoms. The van der Waals surface area contributed by atoms with Gasteiger partial charge in [-0.15, -0.1) is 0 Å². The first kappa shape index (κ1) is 18.7. The average Bonchev–Trinajstić information content (AvgIpc) is 3.13. The van der Waals surface area contributed by atoms with Gasteiger partial charge < -0.3 is 19.0 Å². The van der Waals surface area contributed by atoms with E-state index in [0.717, 1.165) is 0 Å². The Morgan fingerprint density at radius 1 is 1.16 bits per heavy atom. The number of aliphatic hydroxyl groups is 1. The molecule has 0 fully saturated rings. The predicted molar refractivity (Wildman–Crippen MR) is 84.3 cm³/mol. The highest BCUT2D eigenvalue weighted by atomic mass is 19.3. The van der Waals surface area contributed by atoms with E-state index < -0.39 is 29.8 Å². The lowest BCUT2D eigenvalue weighted by atomic mass is 9.98. The van der Waals surface area contributed by atoms with E-state index in [2.05, 4.69) is 0 Å². The Morgan fingerprint density at radius 3 is 2.44 bits per heavy atom. The van der Waals surface area contributed by atoms with Gasteiger partial charge in [-0.05, 0) is 24.6 Å². The fraction of sp³-hybridized carbons (Fsp3) is 0.278. The lowest BCUT2D eigenvalue weighted by Crippen LogP contribution is -2.28. The van der Waals surface area contributed by atoms with Crippen LogP contribution in [-0.2, 0) is 20.9 Å². The van der Waals surface area contributed by atoms with Crippen LogP contribution in [0.25, 0.3) is 0 Å². The Hall–Kier alpha value is -2.67. The highest BCUT2D eigenvalue weighted by molar-refractivity contribution is 5.76. The summed E-state index contributed by atoms with van der Waals surface area (Å²) in [5, 5.41) is 10.3. The molecule has 1 N–H and O–H groups in total. The molecule has 0 bridgehead atoms. The minimum atomic E-state index is -2.21. The zero-order valence-corrected chi connectivity index (χ0v) is 13.5. The number of halogens is 2. The van der Waals surface area contributed by atoms with Crippen molar-refractivity contribution >= 4 is 5.97 Å². The molecule has 2 rings (SSSR count). The van der Waals surface area contributed by atoms with Crippen LogP contribution in [0, 0.1) is 5.92 Å². The highest BCUT2D eigenvalue weighted by Gasteiger charge is 2.38. The highest BCUT2D eigenvalue weighted by Crippen LogP contribution is 2.33. The van der Waals surface area contributed by atoms with Crippen molar-refractivity contribution in [2.45, 2.75) is 19.6 Å². The van der Waals surface area contributed by atoms with Gasteiger partial charge in [0.05, 0.1) is 12.9 Å². The molecule has 2 aromatic rings. The molecule has 0 saturated carbocycles. The first-order valence-corrected chi connectivity index (χ1v) is 7.64. The second-order valence-electron chi connectivity index (χ2n) is 5.09. The maximum absolute atomic E-state index is 13.5. The number of furan rings is 1. The van der Waals surface area contributed by atoms with Crippen LogP contribution >= 0.6 is 0 Å². The Kier molecular flexibility index (Phi) is 6.71. The third-order valence-corrected chi connectivity index (χ3v) is 3.40. The number of carbonyl (C=O) groups excluding carboxylic acids is 1. The van der Waals surface area contributed by atoms with Gasteiger partial charge in [-0.25, -0.2) is 0 Å². The minimum absolute atomic E-state index is 0.0277. The second-order valence-corrected chi connectivity index (χ2v) is 5.09. The smallest absolute Gasteiger partial charge is 0.320 e. The SMILES string of the molecule is CCOC(=O)[C@@H](C(OCc1ccccc1)=C(F)F)[C@H](O)c1ccco1. The molecule has 0 amide bonds. The molecular formula is C18H18F2O5. The first-order valence-electron chi connectivity index (χ1n) is 7.64. The second kappa shape index (κ2) is 8.98. The van der Waals surface area contributed by atoms with Crippen LogP contribution in [0.15, 0.2) is 65.0 Å². The molecule has 1 aromatic heterocycles. The van der Waals surface area contributed by atoms with E-state index in [-0.39, 0.29) is 19.0 Å². The monoisotopic (exact) mass is 352 g/mol. The summed E-state index contributed by atoms with van der Waals surface area (Å²) >= 11 is 0. The van der Waals surface area contributed by atoms with Crippen molar-refractivity contribution in [3.8, 4) is 0 Å². The van der Waals surface area contributed by atoms with Crippen LogP contribution in [0.4, 0.5) is 8.78 Å². The largest absolute Gasteiger partial charge is 0.487 e. The Morgan fingerprint density at radius 2 is 1.88 bits per heavy atom. The number of esters is 1. The summed E-state index contributed by atoms with van der Waals surface area (Å²) in [6.45, 7) is 1.32. The van der Waals surface area contributed by atoms with E-state index in [4.69, 9.17) is 13.9 Å². The molecule has 0 aliphatic carbocycles. The van der Waals surface area contributed by atoms with E-state index in [1.807, 2.05) is 0 Å². The van der Waals surface area contributed by atoms with E-state index in [1.165, 1.54) is 25.3 Å². The molecule has 0 aliphatic rings. The van der Waals surface area contributed by atoms with Crippen molar-refractivity contribution in [1.82, 2.24) is 0 Å². The van der Waals surface area contributed by atoms with Gasteiger partial charge >= 0.3 is 12.0 Å². The summed E-state index contributed by atoms with van der Waals surface area (Å²) in [7, 11) is 0. The van der Waals surface area contributed by atoms with Crippen LogP contribution in [0.1, 0.15) is 24.4 Å². The Balaban J connectivity index is 2.27. The molecule has 1 heterocycles. The quantitative estimate of drug-likeness (QED) is 0.578. The van der Waals surface area contributed by atoms with Crippen molar-refractivity contribution < 1.29 is 32.6 Å². The van der Waals surface area contributed by atoms with Crippen LogP contribution in [0.5, 0.6) is 0 Å². The Labute approximate surface area is 143 Å². The molecule has 0 spiro atoms. The van der Waals surface area contributed by atoms with Crippen LogP contribution in [0.3, 0.4) is 0 Å². The van der Waals surface area contributed by atoms with Gasteiger partial charge in [0.25, 0.3) is 0 Å². The minimum Gasteiger partial charge on any atom is -0.487 e. The van der Waals surface area contributed by atoms with Crippen molar-refractivity contribution in [2.75, 3.05) is 6.61 Å². The number of benzene rings is 1. The van der Waals surface area contributed by atoms with Gasteiger partial charge in [0.15, 0.2) is 11.7 Å². The van der Waals surface area contributed by atoms with Crippen molar-refractivity contribution in [2.24, 2.45) is 5.92 Å². The molecule has 134 valence electrons. The summed E-state index contributed by atoms with van der Waals surface area (Å²) in [6.07, 6.45) is -2.61. The fourth-order valence-electron chi connectivity index (χ4n) is 2.23. The summed E-state index contributed by atoms with van der Waals surface area (Å²) in [5.41, 5.74) is 0.636. The molecule has 0 aliphatic heterocycles. The topological polar surface area (TPSA) is 68.9 Å². The maximum atomic E-state index is 13.5. The van der Waals surface area contributed by atoms with Crippen LogP contribution in [0.2, 0.25) is 0 Å². The van der Waals surface area contributed by atoms with Crippen LogP contribution < -0.4 is 0 Å². The third kappa shape index (κ3) is 4.90. The molecule has 0 unspecified atom stereocenters. The molecule has 0 saturated heterocycles. The van der Waals surface area contributed by atoms with E-state index in [0.29, 0.717) is 5.56 Å². The van der Waals surface area contributed by atoms with Crippen LogP contribution in [-0.4, -0.2) is 17.7 Å². The van der Waals surface area contributed by atoms with Crippen molar-refractivity contribution in [3.05, 3.63) is 71.9 Å². The van der Waals surface area contributed by atoms with E-state index in [9.17, 15) is 18.7 Å². The normalized spacial score (nSPS) is 13.0. The lowest BCUT2D eigenvalue weighted by Gasteiger charge is -2.22. The van der Waals surface area contributed by atoms with Gasteiger partial charge in [-0.2, -0.15) is 8.78 Å². The summed E-state index contributed by atoms with van der Waals surface area (Å²) < 4.78 is 41.9. The maximum Gasteiger partial charge on any atom is 0.320 e. The summed E-state index contributed by atoms with van der Waals surface area (Å²) in [5.74, 6) is -3.74. The number of hydrogen-bond donors (Lipinski definition) is 1. The molecule has 5 nitrogen and oxygen atoms in total. The number of ether oxygens (including phenoxy) is 2. The predicted octanol–water partition coefficient (Wildman–Crippen LogP) is 3.82. The standard InChI is InChI=1S/C18H18F2O5/c1-2-23-18(22)14(15(21)13-9-6-10-24-13)16(17(19)20)25-11-12-7-4-3-5-8-12/h3-10,14-15,21H,2,11H2,1H3/t14-,15-/m1/s1. The molecule has 25 heavy (non-hydrogen) atoms. The fourth-order valence-corrected chi connectivity index (χ4v) is 2.23.